The average Bonchev–Trinajstić information content (AvgIpc) is 2.52. The van der Waals surface area contributed by atoms with Crippen molar-refractivity contribution >= 4 is 0 Å². The Morgan fingerprint density at radius 1 is 1.04 bits per heavy atom. The van der Waals surface area contributed by atoms with Gasteiger partial charge in [-0.25, -0.2) is 4.39 Å². The summed E-state index contributed by atoms with van der Waals surface area (Å²) >= 11 is 0. The second-order valence-electron chi connectivity index (χ2n) is 5.56. The first kappa shape index (κ1) is 19.5. The molecule has 0 bridgehead atoms. The van der Waals surface area contributed by atoms with Crippen LogP contribution in [0.4, 0.5) is 4.39 Å². The molecule has 0 aliphatic rings. The predicted molar refractivity (Wildman–Crippen MR) is 89.8 cm³/mol. The van der Waals surface area contributed by atoms with E-state index in [-0.39, 0.29) is 26.1 Å². The molecule has 1 unspecified atom stereocenters. The van der Waals surface area contributed by atoms with E-state index < -0.39 is 5.60 Å². The standard InChI is InChI=1S/C20H21FO.Li.H/c1-3-4-5-6-15-20(2,22)18-11-7-16(8-12-18)17-9-13-19(21)14-10-17;;/h7-14,22H,3-5H2,1-2H3;;/q;+1;-1. The zero-order valence-electron chi connectivity index (χ0n) is 15.1. The first-order valence-corrected chi connectivity index (χ1v) is 7.62. The summed E-state index contributed by atoms with van der Waals surface area (Å²) in [5, 5.41) is 10.5. The normalized spacial score (nSPS) is 12.5. The van der Waals surface area contributed by atoms with Crippen LogP contribution in [0.3, 0.4) is 0 Å². The summed E-state index contributed by atoms with van der Waals surface area (Å²) in [6.45, 7) is 3.83. The van der Waals surface area contributed by atoms with Gasteiger partial charge in [0.05, 0.1) is 0 Å². The Morgan fingerprint density at radius 3 is 2.09 bits per heavy atom. The van der Waals surface area contributed by atoms with Crippen molar-refractivity contribution in [3.8, 4) is 23.0 Å². The SMILES string of the molecule is CCCCC#CC(C)(O)c1ccc(-c2ccc(F)cc2)cc1.[H-].[Li+]. The number of hydrogen-bond donors (Lipinski definition) is 1. The molecule has 3 heteroatoms. The van der Waals surface area contributed by atoms with Crippen molar-refractivity contribution in [2.75, 3.05) is 0 Å². The van der Waals surface area contributed by atoms with Gasteiger partial charge in [-0.15, -0.1) is 0 Å². The molecule has 1 nitrogen and oxygen atoms in total. The summed E-state index contributed by atoms with van der Waals surface area (Å²) in [4.78, 5) is 0. The van der Waals surface area contributed by atoms with Gasteiger partial charge in [-0.2, -0.15) is 0 Å². The Labute approximate surface area is 151 Å². The number of hydrogen-bond acceptors (Lipinski definition) is 1. The van der Waals surface area contributed by atoms with Gasteiger partial charge in [-0.1, -0.05) is 61.6 Å². The first-order valence-electron chi connectivity index (χ1n) is 7.62. The fraction of sp³-hybridized carbons (Fsp3) is 0.300. The van der Waals surface area contributed by atoms with Crippen LogP contribution in [0.25, 0.3) is 11.1 Å². The molecule has 0 saturated heterocycles. The Morgan fingerprint density at radius 2 is 1.57 bits per heavy atom. The van der Waals surface area contributed by atoms with Crippen molar-refractivity contribution in [2.24, 2.45) is 0 Å². The van der Waals surface area contributed by atoms with E-state index in [2.05, 4.69) is 18.8 Å². The van der Waals surface area contributed by atoms with Gasteiger partial charge in [0.25, 0.3) is 0 Å². The van der Waals surface area contributed by atoms with E-state index in [1.807, 2.05) is 24.3 Å². The number of benzene rings is 2. The maximum atomic E-state index is 12.9. The zero-order chi connectivity index (χ0) is 16.0. The summed E-state index contributed by atoms with van der Waals surface area (Å²) in [6.07, 6.45) is 2.95. The minimum absolute atomic E-state index is 0. The fourth-order valence-corrected chi connectivity index (χ4v) is 2.20. The second-order valence-corrected chi connectivity index (χ2v) is 5.56. The molecule has 116 valence electrons. The van der Waals surface area contributed by atoms with Crippen LogP contribution in [-0.2, 0) is 5.60 Å². The van der Waals surface area contributed by atoms with Gasteiger partial charge >= 0.3 is 18.9 Å². The second kappa shape index (κ2) is 8.95. The van der Waals surface area contributed by atoms with Crippen LogP contribution in [0.15, 0.2) is 48.5 Å². The maximum Gasteiger partial charge on any atom is 1.00 e. The molecule has 0 aliphatic carbocycles. The number of aliphatic hydroxyl groups is 1. The third-order valence-corrected chi connectivity index (χ3v) is 3.61. The van der Waals surface area contributed by atoms with Crippen molar-refractivity contribution in [2.45, 2.75) is 38.7 Å². The summed E-state index contributed by atoms with van der Waals surface area (Å²) < 4.78 is 12.9. The molecule has 2 aromatic carbocycles. The van der Waals surface area contributed by atoms with Crippen LogP contribution >= 0.6 is 0 Å². The van der Waals surface area contributed by atoms with Gasteiger partial charge < -0.3 is 6.53 Å². The Balaban J connectivity index is 0.00000264. The van der Waals surface area contributed by atoms with Crippen LogP contribution in [0, 0.1) is 17.7 Å². The van der Waals surface area contributed by atoms with Gasteiger partial charge in [0.15, 0.2) is 0 Å². The van der Waals surface area contributed by atoms with E-state index in [4.69, 9.17) is 0 Å². The molecule has 2 aromatic rings. The van der Waals surface area contributed by atoms with Crippen LogP contribution < -0.4 is 18.9 Å². The third-order valence-electron chi connectivity index (χ3n) is 3.61. The van der Waals surface area contributed by atoms with E-state index in [0.717, 1.165) is 36.0 Å². The van der Waals surface area contributed by atoms with Crippen LogP contribution in [0.1, 0.15) is 40.1 Å². The molecule has 2 rings (SSSR count). The van der Waals surface area contributed by atoms with Crippen LogP contribution in [-0.4, -0.2) is 5.11 Å². The molecular formula is C20H22FLiO. The van der Waals surface area contributed by atoms with Crippen LogP contribution in [0.5, 0.6) is 0 Å². The maximum absolute atomic E-state index is 12.9. The zero-order valence-corrected chi connectivity index (χ0v) is 14.1. The van der Waals surface area contributed by atoms with E-state index in [1.165, 1.54) is 12.1 Å². The predicted octanol–water partition coefficient (Wildman–Crippen LogP) is 2.01. The molecule has 0 radical (unpaired) electrons. The van der Waals surface area contributed by atoms with Gasteiger partial charge in [0, 0.05) is 6.42 Å². The molecule has 1 N–H and O–H groups in total. The van der Waals surface area contributed by atoms with E-state index in [0.29, 0.717) is 0 Å². The molecule has 0 heterocycles. The van der Waals surface area contributed by atoms with Gasteiger partial charge in [-0.3, -0.25) is 0 Å². The summed E-state index contributed by atoms with van der Waals surface area (Å²) in [5.74, 6) is 5.72. The molecule has 0 aliphatic heterocycles. The van der Waals surface area contributed by atoms with E-state index in [1.54, 1.807) is 19.1 Å². The van der Waals surface area contributed by atoms with Crippen LogP contribution in [0.2, 0.25) is 0 Å². The van der Waals surface area contributed by atoms with E-state index >= 15 is 0 Å². The monoisotopic (exact) mass is 304 g/mol. The molecular weight excluding hydrogens is 282 g/mol. The quantitative estimate of drug-likeness (QED) is 0.520. The topological polar surface area (TPSA) is 20.2 Å². The van der Waals surface area contributed by atoms with Gasteiger partial charge in [-0.05, 0) is 42.2 Å². The van der Waals surface area contributed by atoms with Crippen molar-refractivity contribution < 1.29 is 29.8 Å². The van der Waals surface area contributed by atoms with Crippen molar-refractivity contribution in [3.05, 3.63) is 59.9 Å². The third kappa shape index (κ3) is 5.56. The molecule has 1 atom stereocenters. The summed E-state index contributed by atoms with van der Waals surface area (Å²) in [7, 11) is 0. The Bertz CT molecular complexity index is 670. The molecule has 0 saturated carbocycles. The number of halogens is 1. The Kier molecular flexibility index (Phi) is 7.60. The van der Waals surface area contributed by atoms with Gasteiger partial charge in [0.1, 0.15) is 11.4 Å². The Hall–Kier alpha value is -1.51. The smallest absolute Gasteiger partial charge is 1.00 e. The van der Waals surface area contributed by atoms with Crippen molar-refractivity contribution in [1.82, 2.24) is 0 Å². The number of unbranched alkanes of at least 4 members (excludes halogenated alkanes) is 2. The van der Waals surface area contributed by atoms with Crippen molar-refractivity contribution in [3.63, 3.8) is 0 Å². The molecule has 0 amide bonds. The molecule has 0 spiro atoms. The molecule has 0 fully saturated rings. The van der Waals surface area contributed by atoms with Crippen molar-refractivity contribution in [1.29, 1.82) is 0 Å². The van der Waals surface area contributed by atoms with E-state index in [9.17, 15) is 9.50 Å². The minimum Gasteiger partial charge on any atom is -1.00 e. The minimum atomic E-state index is -1.14. The average molecular weight is 304 g/mol. The number of rotatable bonds is 4. The first-order chi connectivity index (χ1) is 10.5. The summed E-state index contributed by atoms with van der Waals surface area (Å²) in [6, 6.07) is 14.0. The summed E-state index contributed by atoms with van der Waals surface area (Å²) in [5.41, 5.74) is 1.55. The fourth-order valence-electron chi connectivity index (χ4n) is 2.20. The molecule has 0 aromatic heterocycles. The van der Waals surface area contributed by atoms with Gasteiger partial charge in [0.2, 0.25) is 0 Å². The largest absolute Gasteiger partial charge is 1.00 e. The molecule has 23 heavy (non-hydrogen) atoms.